The maximum absolute atomic E-state index is 6.38. The third-order valence-corrected chi connectivity index (χ3v) is 6.13. The van der Waals surface area contributed by atoms with Gasteiger partial charge in [-0.15, -0.1) is 0 Å². The number of allylic oxidation sites excluding steroid dienone is 1. The molecule has 29 heavy (non-hydrogen) atoms. The predicted octanol–water partition coefficient (Wildman–Crippen LogP) is 3.06. The summed E-state index contributed by atoms with van der Waals surface area (Å²) >= 11 is 0. The number of aromatic nitrogens is 4. The molecule has 0 aromatic carbocycles. The van der Waals surface area contributed by atoms with Crippen LogP contribution in [-0.2, 0) is 0 Å². The highest BCUT2D eigenvalue weighted by Gasteiger charge is 2.24. The van der Waals surface area contributed by atoms with Gasteiger partial charge in [-0.1, -0.05) is 12.5 Å². The summed E-state index contributed by atoms with van der Waals surface area (Å²) in [6, 6.07) is 4.20. The van der Waals surface area contributed by atoms with E-state index in [0.717, 1.165) is 54.0 Å². The Balaban J connectivity index is 1.60. The van der Waals surface area contributed by atoms with Crippen LogP contribution in [0, 0.1) is 0 Å². The number of hydrogen-bond acceptors (Lipinski definition) is 6. The number of rotatable bonds is 4. The van der Waals surface area contributed by atoms with Crippen molar-refractivity contribution in [1.82, 2.24) is 25.3 Å². The molecule has 0 atom stereocenters. The second-order valence-electron chi connectivity index (χ2n) is 7.88. The maximum atomic E-state index is 6.38. The van der Waals surface area contributed by atoms with Crippen molar-refractivity contribution in [2.75, 3.05) is 36.8 Å². The first-order chi connectivity index (χ1) is 14.2. The first-order valence-electron chi connectivity index (χ1n) is 10.5. The quantitative estimate of drug-likeness (QED) is 0.635. The number of H-pyrrole nitrogens is 1. The summed E-state index contributed by atoms with van der Waals surface area (Å²) in [4.78, 5) is 19.9. The molecule has 5 rings (SSSR count). The van der Waals surface area contributed by atoms with Gasteiger partial charge in [0.2, 0.25) is 0 Å². The Bertz CT molecular complexity index is 1060. The molecule has 0 amide bonds. The Morgan fingerprint density at radius 2 is 2.07 bits per heavy atom. The Morgan fingerprint density at radius 1 is 1.24 bits per heavy atom. The van der Waals surface area contributed by atoms with E-state index in [1.807, 2.05) is 25.4 Å². The number of aromatic amines is 1. The second kappa shape index (κ2) is 7.48. The van der Waals surface area contributed by atoms with E-state index in [2.05, 4.69) is 32.3 Å². The standard InChI is InChI=1S/C22H27N7/c1-2-15(17-12-18(26-20(17)23)14-4-3-5-14)21-27-19-13-25-7-6-16(19)22(28-21)29-10-8-24-9-11-29/h2,6-7,12-14,24,26H,3-5,8-11,23H2,1H3/b15-2+. The summed E-state index contributed by atoms with van der Waals surface area (Å²) in [6.07, 6.45) is 9.45. The van der Waals surface area contributed by atoms with Crippen molar-refractivity contribution in [1.29, 1.82) is 0 Å². The fraction of sp³-hybridized carbons (Fsp3) is 0.409. The van der Waals surface area contributed by atoms with Gasteiger partial charge in [-0.05, 0) is 37.8 Å². The number of nitrogens with two attached hydrogens (primary N) is 1. The minimum absolute atomic E-state index is 0.599. The molecule has 1 aliphatic carbocycles. The zero-order valence-electron chi connectivity index (χ0n) is 16.8. The SMILES string of the molecule is C/C=C(/c1nc(N2CCNCC2)c2ccncc2n1)c1cc(C2CCC2)[nH]c1N. The smallest absolute Gasteiger partial charge is 0.162 e. The van der Waals surface area contributed by atoms with Gasteiger partial charge in [0.25, 0.3) is 0 Å². The number of nitrogens with zero attached hydrogens (tertiary/aromatic N) is 4. The van der Waals surface area contributed by atoms with E-state index in [0.29, 0.717) is 17.6 Å². The first-order valence-corrected chi connectivity index (χ1v) is 10.5. The summed E-state index contributed by atoms with van der Waals surface area (Å²) in [5.74, 6) is 2.97. The Kier molecular flexibility index (Phi) is 4.67. The Morgan fingerprint density at radius 3 is 2.79 bits per heavy atom. The van der Waals surface area contributed by atoms with Crippen molar-refractivity contribution in [3.05, 3.63) is 47.7 Å². The third-order valence-electron chi connectivity index (χ3n) is 6.13. The maximum Gasteiger partial charge on any atom is 0.162 e. The predicted molar refractivity (Wildman–Crippen MR) is 117 cm³/mol. The highest BCUT2D eigenvalue weighted by molar-refractivity contribution is 5.92. The van der Waals surface area contributed by atoms with Crippen molar-refractivity contribution in [2.45, 2.75) is 32.1 Å². The fourth-order valence-electron chi connectivity index (χ4n) is 4.26. The number of pyridine rings is 1. The van der Waals surface area contributed by atoms with E-state index in [1.54, 1.807) is 0 Å². The Hall–Kier alpha value is -2.93. The minimum Gasteiger partial charge on any atom is -0.385 e. The van der Waals surface area contributed by atoms with Gasteiger partial charge < -0.3 is 20.9 Å². The van der Waals surface area contributed by atoms with E-state index < -0.39 is 0 Å². The van der Waals surface area contributed by atoms with Gasteiger partial charge in [-0.2, -0.15) is 0 Å². The average molecular weight is 390 g/mol. The monoisotopic (exact) mass is 389 g/mol. The van der Waals surface area contributed by atoms with E-state index >= 15 is 0 Å². The van der Waals surface area contributed by atoms with Crippen LogP contribution in [0.4, 0.5) is 11.6 Å². The van der Waals surface area contributed by atoms with Crippen LogP contribution < -0.4 is 16.0 Å². The van der Waals surface area contributed by atoms with E-state index in [-0.39, 0.29) is 0 Å². The number of hydrogen-bond donors (Lipinski definition) is 3. The van der Waals surface area contributed by atoms with Crippen LogP contribution in [0.3, 0.4) is 0 Å². The zero-order valence-corrected chi connectivity index (χ0v) is 16.8. The molecule has 150 valence electrons. The van der Waals surface area contributed by atoms with Crippen LogP contribution in [-0.4, -0.2) is 46.1 Å². The summed E-state index contributed by atoms with van der Waals surface area (Å²) in [6.45, 7) is 5.79. The van der Waals surface area contributed by atoms with Crippen LogP contribution in [0.15, 0.2) is 30.6 Å². The minimum atomic E-state index is 0.599. The largest absolute Gasteiger partial charge is 0.385 e. The molecule has 3 aromatic rings. The molecule has 0 bridgehead atoms. The molecule has 3 aromatic heterocycles. The first kappa shape index (κ1) is 18.1. The third kappa shape index (κ3) is 3.25. The van der Waals surface area contributed by atoms with Crippen LogP contribution in [0.1, 0.15) is 49.2 Å². The van der Waals surface area contributed by atoms with Crippen LogP contribution in [0.2, 0.25) is 0 Å². The molecule has 7 heteroatoms. The van der Waals surface area contributed by atoms with Crippen LogP contribution in [0.25, 0.3) is 16.5 Å². The molecular weight excluding hydrogens is 362 g/mol. The van der Waals surface area contributed by atoms with Crippen LogP contribution >= 0.6 is 0 Å². The second-order valence-corrected chi connectivity index (χ2v) is 7.88. The number of piperazine rings is 1. The summed E-state index contributed by atoms with van der Waals surface area (Å²) in [5.41, 5.74) is 10.4. The highest BCUT2D eigenvalue weighted by Crippen LogP contribution is 2.39. The van der Waals surface area contributed by atoms with Crippen molar-refractivity contribution in [3.8, 4) is 0 Å². The summed E-state index contributed by atoms with van der Waals surface area (Å²) in [5, 5.41) is 4.45. The molecule has 4 heterocycles. The number of fused-ring (bicyclic) bond motifs is 1. The van der Waals surface area contributed by atoms with Gasteiger partial charge in [0, 0.05) is 54.6 Å². The molecule has 7 nitrogen and oxygen atoms in total. The number of nitrogens with one attached hydrogen (secondary N) is 2. The van der Waals surface area contributed by atoms with Crippen molar-refractivity contribution in [3.63, 3.8) is 0 Å². The van der Waals surface area contributed by atoms with Gasteiger partial charge >= 0.3 is 0 Å². The van der Waals surface area contributed by atoms with Crippen LogP contribution in [0.5, 0.6) is 0 Å². The molecule has 1 saturated heterocycles. The average Bonchev–Trinajstić information content (AvgIpc) is 3.08. The molecule has 1 aliphatic heterocycles. The lowest BCUT2D eigenvalue weighted by Crippen LogP contribution is -2.44. The van der Waals surface area contributed by atoms with Gasteiger partial charge in [-0.3, -0.25) is 4.98 Å². The van der Waals surface area contributed by atoms with Gasteiger partial charge in [-0.25, -0.2) is 9.97 Å². The molecule has 4 N–H and O–H groups in total. The molecule has 1 saturated carbocycles. The van der Waals surface area contributed by atoms with E-state index in [4.69, 9.17) is 15.7 Å². The van der Waals surface area contributed by atoms with E-state index in [1.165, 1.54) is 25.0 Å². The molecule has 2 fully saturated rings. The van der Waals surface area contributed by atoms with Crippen molar-refractivity contribution >= 4 is 28.1 Å². The highest BCUT2D eigenvalue weighted by atomic mass is 15.2. The summed E-state index contributed by atoms with van der Waals surface area (Å²) < 4.78 is 0. The molecule has 2 aliphatic rings. The van der Waals surface area contributed by atoms with Crippen molar-refractivity contribution in [2.24, 2.45) is 0 Å². The molecular formula is C22H27N7. The lowest BCUT2D eigenvalue weighted by Gasteiger charge is -2.29. The lowest BCUT2D eigenvalue weighted by molar-refractivity contribution is 0.413. The van der Waals surface area contributed by atoms with Gasteiger partial charge in [0.1, 0.15) is 11.6 Å². The summed E-state index contributed by atoms with van der Waals surface area (Å²) in [7, 11) is 0. The fourth-order valence-corrected chi connectivity index (χ4v) is 4.26. The van der Waals surface area contributed by atoms with E-state index in [9.17, 15) is 0 Å². The Labute approximate surface area is 170 Å². The number of nitrogen functional groups attached to an aromatic ring is 1. The molecule has 0 radical (unpaired) electrons. The van der Waals surface area contributed by atoms with Crippen molar-refractivity contribution < 1.29 is 0 Å². The topological polar surface area (TPSA) is 95.8 Å². The number of anilines is 2. The lowest BCUT2D eigenvalue weighted by atomic mass is 9.83. The zero-order chi connectivity index (χ0) is 19.8. The molecule has 0 spiro atoms. The van der Waals surface area contributed by atoms with Gasteiger partial charge in [0.05, 0.1) is 11.7 Å². The molecule has 0 unspecified atom stereocenters. The van der Waals surface area contributed by atoms with Gasteiger partial charge in [0.15, 0.2) is 5.82 Å². The normalized spacial score (nSPS) is 18.2.